The standard InChI is InChI=1S/C20H22N2O5/c1-12-8-13(9-19(23)21-12)20(24)22-14-2-4-15(5-3-14)27-16-6-7-17-18(10-16)26-11-25-17/h6-10,14-15H,2-5,11H2,1H3,(H,21,23)(H,22,24). The molecule has 1 aliphatic heterocycles. The molecule has 0 radical (unpaired) electrons. The Hall–Kier alpha value is -2.96. The van der Waals surface area contributed by atoms with Gasteiger partial charge < -0.3 is 24.5 Å². The molecule has 27 heavy (non-hydrogen) atoms. The summed E-state index contributed by atoms with van der Waals surface area (Å²) in [4.78, 5) is 26.5. The largest absolute Gasteiger partial charge is 0.490 e. The molecule has 1 aromatic heterocycles. The van der Waals surface area contributed by atoms with Crippen LogP contribution in [-0.2, 0) is 0 Å². The second kappa shape index (κ2) is 7.34. The summed E-state index contributed by atoms with van der Waals surface area (Å²) in [6.07, 6.45) is 3.49. The monoisotopic (exact) mass is 370 g/mol. The van der Waals surface area contributed by atoms with E-state index in [0.29, 0.717) is 17.0 Å². The number of aromatic nitrogens is 1. The first kappa shape index (κ1) is 17.5. The van der Waals surface area contributed by atoms with Crippen molar-refractivity contribution in [3.05, 3.63) is 51.9 Å². The smallest absolute Gasteiger partial charge is 0.251 e. The fourth-order valence-corrected chi connectivity index (χ4v) is 3.55. The van der Waals surface area contributed by atoms with Gasteiger partial charge in [0.15, 0.2) is 11.5 Å². The second-order valence-electron chi connectivity index (χ2n) is 7.00. The highest BCUT2D eigenvalue weighted by Gasteiger charge is 2.25. The molecule has 7 heteroatoms. The Morgan fingerprint density at radius 3 is 2.67 bits per heavy atom. The van der Waals surface area contributed by atoms with Crippen LogP contribution in [0.3, 0.4) is 0 Å². The zero-order valence-electron chi connectivity index (χ0n) is 15.1. The first-order chi connectivity index (χ1) is 13.1. The molecular weight excluding hydrogens is 348 g/mol. The summed E-state index contributed by atoms with van der Waals surface area (Å²) in [6.45, 7) is 2.01. The molecule has 1 aromatic carbocycles. The van der Waals surface area contributed by atoms with Crippen molar-refractivity contribution in [3.63, 3.8) is 0 Å². The topological polar surface area (TPSA) is 89.7 Å². The van der Waals surface area contributed by atoms with Gasteiger partial charge in [-0.15, -0.1) is 0 Å². The average Bonchev–Trinajstić information content (AvgIpc) is 3.10. The number of nitrogens with one attached hydrogen (secondary N) is 2. The van der Waals surface area contributed by atoms with Gasteiger partial charge in [0, 0.05) is 29.4 Å². The van der Waals surface area contributed by atoms with Crippen LogP contribution in [0.25, 0.3) is 0 Å². The van der Waals surface area contributed by atoms with Crippen LogP contribution in [0.1, 0.15) is 41.7 Å². The average molecular weight is 370 g/mol. The lowest BCUT2D eigenvalue weighted by Gasteiger charge is -2.29. The van der Waals surface area contributed by atoms with Gasteiger partial charge in [-0.05, 0) is 50.8 Å². The number of pyridine rings is 1. The third-order valence-electron chi connectivity index (χ3n) is 4.90. The number of fused-ring (bicyclic) bond motifs is 1. The molecule has 7 nitrogen and oxygen atoms in total. The molecule has 142 valence electrons. The van der Waals surface area contributed by atoms with E-state index >= 15 is 0 Å². The molecule has 2 N–H and O–H groups in total. The molecule has 4 rings (SSSR count). The van der Waals surface area contributed by atoms with Crippen molar-refractivity contribution in [1.82, 2.24) is 10.3 Å². The molecular formula is C20H22N2O5. The number of benzene rings is 1. The summed E-state index contributed by atoms with van der Waals surface area (Å²) in [5.41, 5.74) is 0.810. The molecule has 0 bridgehead atoms. The predicted molar refractivity (Wildman–Crippen MR) is 98.5 cm³/mol. The number of carbonyl (C=O) groups excluding carboxylic acids is 1. The van der Waals surface area contributed by atoms with E-state index in [1.54, 1.807) is 13.0 Å². The Bertz CT molecular complexity index is 899. The van der Waals surface area contributed by atoms with E-state index in [1.807, 2.05) is 18.2 Å². The number of aryl methyl sites for hydroxylation is 1. The number of amides is 1. The van der Waals surface area contributed by atoms with Gasteiger partial charge >= 0.3 is 0 Å². The van der Waals surface area contributed by atoms with Gasteiger partial charge in [-0.25, -0.2) is 0 Å². The lowest BCUT2D eigenvalue weighted by molar-refractivity contribution is 0.0893. The normalized spacial score (nSPS) is 20.9. The van der Waals surface area contributed by atoms with Crippen LogP contribution >= 0.6 is 0 Å². The van der Waals surface area contributed by atoms with Gasteiger partial charge in [-0.2, -0.15) is 0 Å². The Kier molecular flexibility index (Phi) is 4.75. The maximum atomic E-state index is 12.4. The van der Waals surface area contributed by atoms with E-state index in [4.69, 9.17) is 14.2 Å². The van der Waals surface area contributed by atoms with Gasteiger partial charge in [0.05, 0.1) is 6.10 Å². The van der Waals surface area contributed by atoms with Crippen molar-refractivity contribution in [2.24, 2.45) is 0 Å². The molecule has 2 aliphatic rings. The lowest BCUT2D eigenvalue weighted by atomic mass is 9.92. The minimum atomic E-state index is -0.263. The minimum Gasteiger partial charge on any atom is -0.490 e. The van der Waals surface area contributed by atoms with Gasteiger partial charge in [0.2, 0.25) is 12.4 Å². The number of hydrogen-bond acceptors (Lipinski definition) is 5. The van der Waals surface area contributed by atoms with E-state index in [1.165, 1.54) is 6.07 Å². The summed E-state index contributed by atoms with van der Waals surface area (Å²) in [5, 5.41) is 3.02. The Labute approximate surface area is 156 Å². The van der Waals surface area contributed by atoms with Crippen LogP contribution in [0, 0.1) is 6.92 Å². The zero-order valence-corrected chi connectivity index (χ0v) is 15.1. The molecule has 0 saturated heterocycles. The third-order valence-corrected chi connectivity index (χ3v) is 4.90. The van der Waals surface area contributed by atoms with Gasteiger partial charge in [-0.3, -0.25) is 9.59 Å². The lowest BCUT2D eigenvalue weighted by Crippen LogP contribution is -2.40. The van der Waals surface area contributed by atoms with Gasteiger partial charge in [-0.1, -0.05) is 0 Å². The zero-order chi connectivity index (χ0) is 18.8. The predicted octanol–water partition coefficient (Wildman–Crippen LogP) is 2.53. The summed E-state index contributed by atoms with van der Waals surface area (Å²) in [7, 11) is 0. The molecule has 0 atom stereocenters. The summed E-state index contributed by atoms with van der Waals surface area (Å²) < 4.78 is 16.7. The quantitative estimate of drug-likeness (QED) is 0.863. The van der Waals surface area contributed by atoms with Crippen molar-refractivity contribution >= 4 is 5.91 Å². The maximum Gasteiger partial charge on any atom is 0.251 e. The maximum absolute atomic E-state index is 12.4. The molecule has 2 aromatic rings. The fraction of sp³-hybridized carbons (Fsp3) is 0.400. The van der Waals surface area contributed by atoms with E-state index < -0.39 is 0 Å². The molecule has 1 saturated carbocycles. The van der Waals surface area contributed by atoms with Crippen molar-refractivity contribution in [1.29, 1.82) is 0 Å². The van der Waals surface area contributed by atoms with E-state index in [-0.39, 0.29) is 30.4 Å². The molecule has 1 fully saturated rings. The van der Waals surface area contributed by atoms with Crippen LogP contribution in [-0.4, -0.2) is 29.8 Å². The van der Waals surface area contributed by atoms with E-state index in [0.717, 1.165) is 37.2 Å². The highest BCUT2D eigenvalue weighted by Crippen LogP contribution is 2.36. The van der Waals surface area contributed by atoms with Crippen LogP contribution in [0.2, 0.25) is 0 Å². The van der Waals surface area contributed by atoms with Gasteiger partial charge in [0.1, 0.15) is 5.75 Å². The van der Waals surface area contributed by atoms with Crippen molar-refractivity contribution < 1.29 is 19.0 Å². The van der Waals surface area contributed by atoms with Crippen molar-refractivity contribution in [2.45, 2.75) is 44.8 Å². The molecule has 0 spiro atoms. The molecule has 0 unspecified atom stereocenters. The van der Waals surface area contributed by atoms with Crippen LogP contribution in [0.5, 0.6) is 17.2 Å². The number of carbonyl (C=O) groups is 1. The van der Waals surface area contributed by atoms with E-state index in [9.17, 15) is 9.59 Å². The number of hydrogen-bond donors (Lipinski definition) is 2. The summed E-state index contributed by atoms with van der Waals surface area (Å²) >= 11 is 0. The summed E-state index contributed by atoms with van der Waals surface area (Å²) in [6, 6.07) is 8.70. The number of H-pyrrole nitrogens is 1. The summed E-state index contributed by atoms with van der Waals surface area (Å²) in [5.74, 6) is 2.01. The fourth-order valence-electron chi connectivity index (χ4n) is 3.55. The third kappa shape index (κ3) is 4.07. The first-order valence-corrected chi connectivity index (χ1v) is 9.15. The SMILES string of the molecule is Cc1cc(C(=O)NC2CCC(Oc3ccc4c(c3)OCO4)CC2)cc(=O)[nH]1. The highest BCUT2D eigenvalue weighted by atomic mass is 16.7. The molecule has 1 amide bonds. The van der Waals surface area contributed by atoms with E-state index in [2.05, 4.69) is 10.3 Å². The Balaban J connectivity index is 1.30. The van der Waals surface area contributed by atoms with Gasteiger partial charge in [0.25, 0.3) is 5.91 Å². The Morgan fingerprint density at radius 1 is 1.11 bits per heavy atom. The Morgan fingerprint density at radius 2 is 1.89 bits per heavy atom. The number of aromatic amines is 1. The van der Waals surface area contributed by atoms with Crippen LogP contribution in [0.4, 0.5) is 0 Å². The van der Waals surface area contributed by atoms with Crippen LogP contribution in [0.15, 0.2) is 35.1 Å². The first-order valence-electron chi connectivity index (χ1n) is 9.15. The number of ether oxygens (including phenoxy) is 3. The highest BCUT2D eigenvalue weighted by molar-refractivity contribution is 5.94. The second-order valence-corrected chi connectivity index (χ2v) is 7.00. The minimum absolute atomic E-state index is 0.0914. The van der Waals surface area contributed by atoms with Crippen molar-refractivity contribution in [3.8, 4) is 17.2 Å². The van der Waals surface area contributed by atoms with Crippen LogP contribution < -0.4 is 25.1 Å². The number of rotatable bonds is 4. The molecule has 1 aliphatic carbocycles. The molecule has 2 heterocycles. The van der Waals surface area contributed by atoms with Crippen molar-refractivity contribution in [2.75, 3.05) is 6.79 Å².